The number of hydrogen-bond acceptors (Lipinski definition) is 5. The molecule has 164 valence electrons. The summed E-state index contributed by atoms with van der Waals surface area (Å²) in [6.07, 6.45) is 2.63. The highest BCUT2D eigenvalue weighted by molar-refractivity contribution is 7.99. The van der Waals surface area contributed by atoms with E-state index in [2.05, 4.69) is 10.3 Å². The highest BCUT2D eigenvalue weighted by Gasteiger charge is 2.27. The molecule has 1 aromatic heterocycles. The molecular weight excluding hydrogens is 422 g/mol. The lowest BCUT2D eigenvalue weighted by Crippen LogP contribution is -2.33. The summed E-state index contributed by atoms with van der Waals surface area (Å²) in [6.45, 7) is 3.48. The summed E-state index contributed by atoms with van der Waals surface area (Å²) in [6, 6.07) is 19.0. The molecule has 6 nitrogen and oxygen atoms in total. The van der Waals surface area contributed by atoms with Crippen molar-refractivity contribution in [1.82, 2.24) is 10.3 Å². The van der Waals surface area contributed by atoms with Gasteiger partial charge >= 0.3 is 0 Å². The second kappa shape index (κ2) is 10.3. The zero-order chi connectivity index (χ0) is 22.3. The smallest absolute Gasteiger partial charge is 0.259 e. The van der Waals surface area contributed by atoms with Crippen LogP contribution in [0.2, 0.25) is 0 Å². The van der Waals surface area contributed by atoms with Crippen LogP contribution < -0.4 is 15.0 Å². The SMILES string of the molecule is CCOc1ccc(CNC(=O)CCCN2C(=O)c3ccccc3Sc3ncccc32)cc1. The molecule has 32 heavy (non-hydrogen) atoms. The summed E-state index contributed by atoms with van der Waals surface area (Å²) in [4.78, 5) is 32.7. The van der Waals surface area contributed by atoms with Crippen molar-refractivity contribution >= 4 is 29.3 Å². The Morgan fingerprint density at radius 2 is 1.91 bits per heavy atom. The molecule has 0 radical (unpaired) electrons. The van der Waals surface area contributed by atoms with Gasteiger partial charge in [0.15, 0.2) is 0 Å². The summed E-state index contributed by atoms with van der Waals surface area (Å²) in [7, 11) is 0. The number of pyridine rings is 1. The minimum atomic E-state index is -0.0605. The number of benzene rings is 2. The van der Waals surface area contributed by atoms with Crippen molar-refractivity contribution in [3.8, 4) is 5.75 Å². The maximum atomic E-state index is 13.2. The fraction of sp³-hybridized carbons (Fsp3) is 0.240. The summed E-state index contributed by atoms with van der Waals surface area (Å²) in [5.41, 5.74) is 2.46. The van der Waals surface area contributed by atoms with Crippen LogP contribution in [0.3, 0.4) is 0 Å². The Bertz CT molecular complexity index is 1100. The standard InChI is InChI=1S/C25H25N3O3S/c1-2-31-19-13-11-18(12-14-19)17-27-23(29)10-6-16-28-21-8-5-15-26-24(21)32-22-9-4-3-7-20(22)25(28)30/h3-5,7-9,11-15H,2,6,10,16-17H2,1H3,(H,27,29). The Kier molecular flexibility index (Phi) is 7.07. The number of carbonyl (C=O) groups is 2. The first kappa shape index (κ1) is 21.9. The minimum Gasteiger partial charge on any atom is -0.494 e. The molecule has 0 bridgehead atoms. The van der Waals surface area contributed by atoms with Gasteiger partial charge in [0, 0.05) is 30.6 Å². The lowest BCUT2D eigenvalue weighted by molar-refractivity contribution is -0.121. The Balaban J connectivity index is 1.35. The molecule has 0 saturated heterocycles. The lowest BCUT2D eigenvalue weighted by atomic mass is 10.1. The molecule has 0 unspecified atom stereocenters. The number of amides is 2. The third-order valence-electron chi connectivity index (χ3n) is 5.12. The van der Waals surface area contributed by atoms with E-state index in [1.807, 2.05) is 67.6 Å². The summed E-state index contributed by atoms with van der Waals surface area (Å²) < 4.78 is 5.44. The number of ether oxygens (including phenoxy) is 1. The fourth-order valence-electron chi connectivity index (χ4n) is 3.54. The third-order valence-corrected chi connectivity index (χ3v) is 6.20. The molecule has 0 aliphatic carbocycles. The van der Waals surface area contributed by atoms with Crippen molar-refractivity contribution in [2.45, 2.75) is 36.2 Å². The van der Waals surface area contributed by atoms with Crippen LogP contribution in [0.4, 0.5) is 5.69 Å². The van der Waals surface area contributed by atoms with E-state index in [0.29, 0.717) is 38.1 Å². The van der Waals surface area contributed by atoms with Crippen molar-refractivity contribution in [1.29, 1.82) is 0 Å². The number of aromatic nitrogens is 1. The van der Waals surface area contributed by atoms with E-state index < -0.39 is 0 Å². The van der Waals surface area contributed by atoms with Gasteiger partial charge in [-0.2, -0.15) is 0 Å². The highest BCUT2D eigenvalue weighted by atomic mass is 32.2. The predicted molar refractivity (Wildman–Crippen MR) is 125 cm³/mol. The summed E-state index contributed by atoms with van der Waals surface area (Å²) in [5, 5.41) is 3.74. The van der Waals surface area contributed by atoms with Crippen LogP contribution in [0.15, 0.2) is 76.8 Å². The van der Waals surface area contributed by atoms with Crippen LogP contribution in [-0.2, 0) is 11.3 Å². The van der Waals surface area contributed by atoms with Gasteiger partial charge < -0.3 is 15.0 Å². The van der Waals surface area contributed by atoms with Crippen LogP contribution in [-0.4, -0.2) is 29.9 Å². The van der Waals surface area contributed by atoms with Gasteiger partial charge in [0.25, 0.3) is 5.91 Å². The van der Waals surface area contributed by atoms with Crippen molar-refractivity contribution in [2.75, 3.05) is 18.1 Å². The molecule has 2 amide bonds. The quantitative estimate of drug-likeness (QED) is 0.543. The molecule has 2 aromatic carbocycles. The van der Waals surface area contributed by atoms with Crippen molar-refractivity contribution in [3.63, 3.8) is 0 Å². The summed E-state index contributed by atoms with van der Waals surface area (Å²) >= 11 is 1.50. The van der Waals surface area contributed by atoms with Crippen LogP contribution in [0.1, 0.15) is 35.7 Å². The Hall–Kier alpha value is -3.32. The van der Waals surface area contributed by atoms with Gasteiger partial charge in [-0.15, -0.1) is 0 Å². The van der Waals surface area contributed by atoms with Gasteiger partial charge in [-0.1, -0.05) is 36.0 Å². The molecule has 1 aliphatic heterocycles. The zero-order valence-corrected chi connectivity index (χ0v) is 18.7. The number of anilines is 1. The normalized spacial score (nSPS) is 12.5. The topological polar surface area (TPSA) is 71.5 Å². The second-order valence-electron chi connectivity index (χ2n) is 7.34. The van der Waals surface area contributed by atoms with E-state index in [-0.39, 0.29) is 11.8 Å². The van der Waals surface area contributed by atoms with Gasteiger partial charge in [-0.05, 0) is 55.3 Å². The molecule has 0 spiro atoms. The minimum absolute atomic E-state index is 0.0395. The molecule has 2 heterocycles. The third kappa shape index (κ3) is 5.11. The summed E-state index contributed by atoms with van der Waals surface area (Å²) in [5.74, 6) is 0.719. The molecule has 0 saturated carbocycles. The van der Waals surface area contributed by atoms with Gasteiger partial charge in [-0.25, -0.2) is 4.98 Å². The van der Waals surface area contributed by atoms with E-state index in [0.717, 1.165) is 26.9 Å². The number of nitrogens with one attached hydrogen (secondary N) is 1. The molecule has 4 rings (SSSR count). The fourth-order valence-corrected chi connectivity index (χ4v) is 4.55. The lowest BCUT2D eigenvalue weighted by Gasteiger charge is -2.22. The largest absolute Gasteiger partial charge is 0.494 e. The maximum Gasteiger partial charge on any atom is 0.259 e. The molecule has 0 atom stereocenters. The monoisotopic (exact) mass is 447 g/mol. The zero-order valence-electron chi connectivity index (χ0n) is 17.9. The number of carbonyl (C=O) groups excluding carboxylic acids is 2. The predicted octanol–water partition coefficient (Wildman–Crippen LogP) is 4.69. The Morgan fingerprint density at radius 1 is 1.09 bits per heavy atom. The van der Waals surface area contributed by atoms with E-state index in [1.54, 1.807) is 11.1 Å². The molecule has 1 N–H and O–H groups in total. The maximum absolute atomic E-state index is 13.2. The molecule has 7 heteroatoms. The molecular formula is C25H25N3O3S. The van der Waals surface area contributed by atoms with E-state index in [4.69, 9.17) is 4.74 Å². The number of nitrogens with zero attached hydrogens (tertiary/aromatic N) is 2. The van der Waals surface area contributed by atoms with Gasteiger partial charge in [0.05, 0.1) is 17.9 Å². The molecule has 0 fully saturated rings. The molecule has 3 aromatic rings. The van der Waals surface area contributed by atoms with Gasteiger partial charge in [0.2, 0.25) is 5.91 Å². The van der Waals surface area contributed by atoms with E-state index in [9.17, 15) is 9.59 Å². The Morgan fingerprint density at radius 3 is 2.72 bits per heavy atom. The first-order chi connectivity index (χ1) is 15.7. The first-order valence-corrected chi connectivity index (χ1v) is 11.5. The number of hydrogen-bond donors (Lipinski definition) is 1. The van der Waals surface area contributed by atoms with Crippen LogP contribution in [0.5, 0.6) is 5.75 Å². The van der Waals surface area contributed by atoms with E-state index >= 15 is 0 Å². The van der Waals surface area contributed by atoms with Crippen molar-refractivity contribution < 1.29 is 14.3 Å². The van der Waals surface area contributed by atoms with Crippen molar-refractivity contribution in [2.24, 2.45) is 0 Å². The Labute approximate surface area is 192 Å². The van der Waals surface area contributed by atoms with E-state index in [1.165, 1.54) is 11.8 Å². The average Bonchev–Trinajstić information content (AvgIpc) is 2.93. The first-order valence-electron chi connectivity index (χ1n) is 10.7. The number of rotatable bonds is 8. The molecule has 1 aliphatic rings. The average molecular weight is 448 g/mol. The highest BCUT2D eigenvalue weighted by Crippen LogP contribution is 2.39. The van der Waals surface area contributed by atoms with Crippen LogP contribution in [0.25, 0.3) is 0 Å². The van der Waals surface area contributed by atoms with Gasteiger partial charge in [-0.3, -0.25) is 9.59 Å². The van der Waals surface area contributed by atoms with Gasteiger partial charge in [0.1, 0.15) is 10.8 Å². The second-order valence-corrected chi connectivity index (χ2v) is 8.37. The van der Waals surface area contributed by atoms with Crippen molar-refractivity contribution in [3.05, 3.63) is 78.0 Å². The van der Waals surface area contributed by atoms with Crippen LogP contribution in [0, 0.1) is 0 Å². The van der Waals surface area contributed by atoms with Crippen LogP contribution >= 0.6 is 11.8 Å². The number of fused-ring (bicyclic) bond motifs is 2.